The fraction of sp³-hybridized carbons (Fsp3) is 0.483. The Morgan fingerprint density at radius 1 is 0.700 bits per heavy atom. The predicted molar refractivity (Wildman–Crippen MR) is 125 cm³/mol. The molecular weight excluding hydrogens is 364 g/mol. The van der Waals surface area contributed by atoms with Gasteiger partial charge in [0, 0.05) is 22.8 Å². The molecule has 1 fully saturated rings. The van der Waals surface area contributed by atoms with Crippen LogP contribution in [0, 0.1) is 21.7 Å². The molecule has 0 bridgehead atoms. The van der Waals surface area contributed by atoms with Crippen LogP contribution in [0.2, 0.25) is 0 Å². The maximum absolute atomic E-state index is 13.2. The van der Waals surface area contributed by atoms with Crippen LogP contribution in [0.5, 0.6) is 0 Å². The number of ketones is 1. The second kappa shape index (κ2) is 5.55. The minimum Gasteiger partial charge on any atom is -0.294 e. The fourth-order valence-corrected chi connectivity index (χ4v) is 6.16. The fourth-order valence-electron chi connectivity index (χ4n) is 6.16. The van der Waals surface area contributed by atoms with Crippen LogP contribution in [0.4, 0.5) is 0 Å². The van der Waals surface area contributed by atoms with Crippen molar-refractivity contribution >= 4 is 5.78 Å². The van der Waals surface area contributed by atoms with E-state index in [1.54, 1.807) is 0 Å². The molecule has 0 amide bonds. The van der Waals surface area contributed by atoms with Crippen molar-refractivity contribution in [1.29, 1.82) is 0 Å². The third kappa shape index (κ3) is 2.22. The zero-order chi connectivity index (χ0) is 21.9. The molecular formula is C29H34O. The first-order valence-corrected chi connectivity index (χ1v) is 11.4. The molecule has 1 saturated carbocycles. The van der Waals surface area contributed by atoms with Crippen LogP contribution in [0.15, 0.2) is 81.0 Å². The molecule has 156 valence electrons. The van der Waals surface area contributed by atoms with Crippen LogP contribution in [0.1, 0.15) is 68.2 Å². The molecule has 0 N–H and O–H groups in total. The van der Waals surface area contributed by atoms with E-state index in [-0.39, 0.29) is 21.7 Å². The highest BCUT2D eigenvalue weighted by Crippen LogP contribution is 2.69. The predicted octanol–water partition coefficient (Wildman–Crippen LogP) is 7.36. The Kier molecular flexibility index (Phi) is 3.66. The first-order valence-electron chi connectivity index (χ1n) is 11.4. The van der Waals surface area contributed by atoms with E-state index in [0.29, 0.717) is 12.2 Å². The van der Waals surface area contributed by atoms with E-state index in [1.807, 2.05) is 0 Å². The van der Waals surface area contributed by atoms with Gasteiger partial charge in [-0.3, -0.25) is 4.79 Å². The van der Waals surface area contributed by atoms with Crippen molar-refractivity contribution in [3.05, 3.63) is 81.0 Å². The third-order valence-electron chi connectivity index (χ3n) is 8.41. The van der Waals surface area contributed by atoms with Gasteiger partial charge in [-0.2, -0.15) is 0 Å². The molecule has 1 heteroatoms. The largest absolute Gasteiger partial charge is 0.294 e. The summed E-state index contributed by atoms with van der Waals surface area (Å²) < 4.78 is 0. The van der Waals surface area contributed by atoms with E-state index >= 15 is 0 Å². The third-order valence-corrected chi connectivity index (χ3v) is 8.41. The number of fused-ring (bicyclic) bond motifs is 1. The van der Waals surface area contributed by atoms with Gasteiger partial charge in [-0.05, 0) is 56.3 Å². The van der Waals surface area contributed by atoms with Crippen LogP contribution in [0.3, 0.4) is 0 Å². The molecule has 2 atom stereocenters. The van der Waals surface area contributed by atoms with Crippen molar-refractivity contribution in [3.8, 4) is 0 Å². The maximum Gasteiger partial charge on any atom is 0.163 e. The monoisotopic (exact) mass is 398 g/mol. The molecule has 5 aliphatic carbocycles. The Morgan fingerprint density at radius 3 is 1.67 bits per heavy atom. The SMILES string of the molecule is CC(C)(C)C1=CC2=C3CCC(=O)C3=C3C=C(C(C)(C)C)C=C4C=CC(=C1)[C@]2(C)[C@]43C. The van der Waals surface area contributed by atoms with E-state index in [9.17, 15) is 4.79 Å². The molecule has 1 nitrogen and oxygen atoms in total. The number of allylic oxidation sites excluding steroid dienone is 14. The molecule has 0 saturated heterocycles. The average Bonchev–Trinajstić information content (AvgIpc) is 3.00. The summed E-state index contributed by atoms with van der Waals surface area (Å²) in [6, 6.07) is 0. The molecule has 0 aromatic heterocycles. The van der Waals surface area contributed by atoms with Gasteiger partial charge in [-0.25, -0.2) is 0 Å². The normalized spacial score (nSPS) is 32.5. The average molecular weight is 399 g/mol. The molecule has 0 aliphatic heterocycles. The molecule has 0 unspecified atom stereocenters. The Balaban J connectivity index is 1.93. The van der Waals surface area contributed by atoms with Crippen LogP contribution < -0.4 is 0 Å². The summed E-state index contributed by atoms with van der Waals surface area (Å²) in [5, 5.41) is 0. The maximum atomic E-state index is 13.2. The van der Waals surface area contributed by atoms with Gasteiger partial charge in [0.05, 0.1) is 0 Å². The molecule has 0 radical (unpaired) electrons. The zero-order valence-electron chi connectivity index (χ0n) is 19.8. The van der Waals surface area contributed by atoms with Gasteiger partial charge in [0.25, 0.3) is 0 Å². The molecule has 5 aliphatic rings. The zero-order valence-corrected chi connectivity index (χ0v) is 19.8. The summed E-state index contributed by atoms with van der Waals surface area (Å²) in [6.45, 7) is 18.5. The Labute approximate surface area is 181 Å². The van der Waals surface area contributed by atoms with Gasteiger partial charge in [0.1, 0.15) is 0 Å². The summed E-state index contributed by atoms with van der Waals surface area (Å²) in [7, 11) is 0. The van der Waals surface area contributed by atoms with Crippen LogP contribution in [-0.2, 0) is 4.79 Å². The molecule has 0 heterocycles. The lowest BCUT2D eigenvalue weighted by Gasteiger charge is -2.58. The lowest BCUT2D eigenvalue weighted by molar-refractivity contribution is -0.114. The van der Waals surface area contributed by atoms with E-state index in [0.717, 1.165) is 12.0 Å². The van der Waals surface area contributed by atoms with Gasteiger partial charge in [0.2, 0.25) is 0 Å². The number of carbonyl (C=O) groups is 1. The van der Waals surface area contributed by atoms with Gasteiger partial charge in [-0.15, -0.1) is 0 Å². The first-order chi connectivity index (χ1) is 13.8. The van der Waals surface area contributed by atoms with Gasteiger partial charge >= 0.3 is 0 Å². The minimum atomic E-state index is -0.212. The number of rotatable bonds is 0. The number of Topliss-reactive ketones (excluding diaryl/α,β-unsaturated/α-hetero) is 1. The van der Waals surface area contributed by atoms with Crippen molar-refractivity contribution in [2.75, 3.05) is 0 Å². The quantitative estimate of drug-likeness (QED) is 0.416. The van der Waals surface area contributed by atoms with Crippen molar-refractivity contribution < 1.29 is 4.79 Å². The van der Waals surface area contributed by atoms with E-state index < -0.39 is 0 Å². The lowest BCUT2D eigenvalue weighted by atomic mass is 9.44. The van der Waals surface area contributed by atoms with Crippen molar-refractivity contribution in [1.82, 2.24) is 0 Å². The molecule has 0 spiro atoms. The summed E-state index contributed by atoms with van der Waals surface area (Å²) in [6.07, 6.45) is 15.8. The van der Waals surface area contributed by atoms with Gasteiger partial charge in [0.15, 0.2) is 5.78 Å². The number of hydrogen-bond acceptors (Lipinski definition) is 1. The summed E-state index contributed by atoms with van der Waals surface area (Å²) in [5.41, 5.74) is 10.2. The second-order valence-electron chi connectivity index (χ2n) is 12.1. The highest BCUT2D eigenvalue weighted by molar-refractivity contribution is 6.06. The molecule has 0 aromatic carbocycles. The van der Waals surface area contributed by atoms with E-state index in [2.05, 4.69) is 91.8 Å². The standard InChI is InChI=1S/C29H34O/c1-26(2,3)19-13-17-9-10-18-14-20(27(4,5)6)16-23-25-21(11-12-24(25)30)22(15-19)28(17,7)29(18,23)8/h9-10,13-16H,11-12H2,1-8H3/t28-,29+/m0/s1. The van der Waals surface area contributed by atoms with E-state index in [1.165, 1.54) is 39.0 Å². The number of hydrogen-bond donors (Lipinski definition) is 0. The highest BCUT2D eigenvalue weighted by Gasteiger charge is 2.60. The van der Waals surface area contributed by atoms with Crippen LogP contribution in [-0.4, -0.2) is 5.78 Å². The van der Waals surface area contributed by atoms with Gasteiger partial charge in [-0.1, -0.05) is 91.8 Å². The minimum absolute atomic E-state index is 0.0461. The van der Waals surface area contributed by atoms with Crippen molar-refractivity contribution in [2.24, 2.45) is 21.7 Å². The highest BCUT2D eigenvalue weighted by atomic mass is 16.1. The second-order valence-corrected chi connectivity index (χ2v) is 12.1. The van der Waals surface area contributed by atoms with Crippen LogP contribution in [0.25, 0.3) is 0 Å². The Bertz CT molecular complexity index is 1120. The summed E-state index contributed by atoms with van der Waals surface area (Å²) in [5.74, 6) is 0.331. The topological polar surface area (TPSA) is 17.1 Å². The van der Waals surface area contributed by atoms with Crippen LogP contribution >= 0.6 is 0 Å². The lowest BCUT2D eigenvalue weighted by Crippen LogP contribution is -2.49. The Morgan fingerprint density at radius 2 is 1.17 bits per heavy atom. The molecule has 0 aromatic rings. The summed E-state index contributed by atoms with van der Waals surface area (Å²) in [4.78, 5) is 13.2. The number of carbonyl (C=O) groups excluding carboxylic acids is 1. The molecule has 30 heavy (non-hydrogen) atoms. The van der Waals surface area contributed by atoms with Crippen molar-refractivity contribution in [2.45, 2.75) is 68.2 Å². The first kappa shape index (κ1) is 19.8. The van der Waals surface area contributed by atoms with Crippen molar-refractivity contribution in [3.63, 3.8) is 0 Å². The summed E-state index contributed by atoms with van der Waals surface area (Å²) >= 11 is 0. The smallest absolute Gasteiger partial charge is 0.163 e. The molecule has 5 rings (SSSR count). The van der Waals surface area contributed by atoms with E-state index in [4.69, 9.17) is 0 Å². The van der Waals surface area contributed by atoms with Gasteiger partial charge < -0.3 is 0 Å². The Hall–Kier alpha value is -2.15.